The highest BCUT2D eigenvalue weighted by atomic mass is 16.7. The Labute approximate surface area is 181 Å². The van der Waals surface area contributed by atoms with E-state index in [4.69, 9.17) is 14.2 Å². The van der Waals surface area contributed by atoms with Gasteiger partial charge in [0, 0.05) is 43.5 Å². The summed E-state index contributed by atoms with van der Waals surface area (Å²) in [6.45, 7) is 3.54. The zero-order valence-electron chi connectivity index (χ0n) is 17.6. The first-order chi connectivity index (χ1) is 15.1. The zero-order valence-corrected chi connectivity index (χ0v) is 17.6. The van der Waals surface area contributed by atoms with Crippen LogP contribution in [0.1, 0.15) is 54.6 Å². The van der Waals surface area contributed by atoms with Gasteiger partial charge in [-0.25, -0.2) is 0 Å². The summed E-state index contributed by atoms with van der Waals surface area (Å²) in [4.78, 5) is 27.4. The Morgan fingerprint density at radius 3 is 2.84 bits per heavy atom. The van der Waals surface area contributed by atoms with E-state index in [1.807, 2.05) is 36.1 Å². The zero-order chi connectivity index (χ0) is 21.4. The van der Waals surface area contributed by atoms with Crippen LogP contribution in [-0.4, -0.2) is 42.2 Å². The molecule has 2 atom stereocenters. The summed E-state index contributed by atoms with van der Waals surface area (Å²) in [6.07, 6.45) is 2.48. The lowest BCUT2D eigenvalue weighted by Crippen LogP contribution is -2.46. The van der Waals surface area contributed by atoms with Crippen LogP contribution in [0.25, 0.3) is 0 Å². The summed E-state index contributed by atoms with van der Waals surface area (Å²) in [5.41, 5.74) is 1.02. The van der Waals surface area contributed by atoms with Crippen LogP contribution < -0.4 is 19.5 Å². The maximum atomic E-state index is 13.1. The molecule has 162 valence electrons. The first kappa shape index (κ1) is 19.7. The number of benzene rings is 2. The van der Waals surface area contributed by atoms with Gasteiger partial charge in [-0.05, 0) is 37.6 Å². The van der Waals surface area contributed by atoms with Crippen molar-refractivity contribution in [1.82, 2.24) is 10.2 Å². The van der Waals surface area contributed by atoms with E-state index in [1.165, 1.54) is 0 Å². The number of nitrogens with one attached hydrogen (secondary N) is 1. The van der Waals surface area contributed by atoms with Crippen molar-refractivity contribution in [1.29, 1.82) is 0 Å². The normalized spacial score (nSPS) is 24.4. The van der Waals surface area contributed by atoms with E-state index < -0.39 is 5.60 Å². The lowest BCUT2D eigenvalue weighted by molar-refractivity contribution is -0.130. The van der Waals surface area contributed by atoms with E-state index in [9.17, 15) is 9.59 Å². The minimum Gasteiger partial charge on any atom is -0.487 e. The second-order valence-electron chi connectivity index (χ2n) is 8.34. The third-order valence-corrected chi connectivity index (χ3v) is 6.50. The predicted molar refractivity (Wildman–Crippen MR) is 113 cm³/mol. The van der Waals surface area contributed by atoms with E-state index in [-0.39, 0.29) is 24.6 Å². The summed E-state index contributed by atoms with van der Waals surface area (Å²) in [5.74, 6) is 2.01. The Balaban J connectivity index is 1.41. The Bertz CT molecular complexity index is 1020. The predicted octanol–water partition coefficient (Wildman–Crippen LogP) is 3.44. The summed E-state index contributed by atoms with van der Waals surface area (Å²) in [5, 5.41) is 3.20. The van der Waals surface area contributed by atoms with Crippen LogP contribution in [-0.2, 0) is 4.79 Å². The van der Waals surface area contributed by atoms with Gasteiger partial charge in [0.25, 0.3) is 5.91 Å². The smallest absolute Gasteiger partial charge is 0.251 e. The maximum absolute atomic E-state index is 13.1. The molecule has 0 radical (unpaired) electrons. The van der Waals surface area contributed by atoms with Gasteiger partial charge in [0.1, 0.15) is 11.4 Å². The Morgan fingerprint density at radius 1 is 1.13 bits per heavy atom. The molecule has 0 saturated carbocycles. The monoisotopic (exact) mass is 422 g/mol. The molecular weight excluding hydrogens is 396 g/mol. The van der Waals surface area contributed by atoms with Crippen LogP contribution in [0, 0.1) is 0 Å². The molecule has 2 aromatic rings. The molecule has 3 aliphatic heterocycles. The quantitative estimate of drug-likeness (QED) is 0.820. The summed E-state index contributed by atoms with van der Waals surface area (Å²) < 4.78 is 17.2. The van der Waals surface area contributed by atoms with Gasteiger partial charge in [-0.15, -0.1) is 0 Å². The lowest BCUT2D eigenvalue weighted by atomic mass is 9.82. The maximum Gasteiger partial charge on any atom is 0.251 e. The minimum atomic E-state index is -0.471. The third kappa shape index (κ3) is 3.69. The fourth-order valence-corrected chi connectivity index (χ4v) is 4.75. The number of likely N-dealkylation sites (tertiary alicyclic amines) is 1. The van der Waals surface area contributed by atoms with Gasteiger partial charge in [-0.2, -0.15) is 0 Å². The van der Waals surface area contributed by atoms with Crippen molar-refractivity contribution in [2.75, 3.05) is 19.9 Å². The number of hydrogen-bond acceptors (Lipinski definition) is 5. The first-order valence-corrected chi connectivity index (χ1v) is 10.8. The number of carbonyl (C=O) groups excluding carboxylic acids is 2. The van der Waals surface area contributed by atoms with E-state index in [0.717, 1.165) is 17.7 Å². The number of nitrogens with zero attached hydrogens (tertiary/aromatic N) is 1. The number of para-hydroxylation sites is 1. The van der Waals surface area contributed by atoms with E-state index in [1.54, 1.807) is 18.2 Å². The van der Waals surface area contributed by atoms with Crippen LogP contribution in [0.15, 0.2) is 42.5 Å². The van der Waals surface area contributed by atoms with E-state index in [2.05, 4.69) is 5.32 Å². The number of amides is 2. The minimum absolute atomic E-state index is 0.169. The van der Waals surface area contributed by atoms with Crippen LogP contribution in [0.4, 0.5) is 0 Å². The fourth-order valence-electron chi connectivity index (χ4n) is 4.75. The number of ether oxygens (including phenoxy) is 3. The van der Waals surface area contributed by atoms with Crippen molar-refractivity contribution in [2.45, 2.75) is 44.2 Å². The molecule has 0 aromatic heterocycles. The van der Waals surface area contributed by atoms with Crippen LogP contribution in [0.3, 0.4) is 0 Å². The molecule has 3 heterocycles. The molecular formula is C24H26N2O5. The molecule has 1 fully saturated rings. The highest BCUT2D eigenvalue weighted by Crippen LogP contribution is 2.44. The molecule has 2 unspecified atom stereocenters. The van der Waals surface area contributed by atoms with Gasteiger partial charge < -0.3 is 24.4 Å². The van der Waals surface area contributed by atoms with E-state index >= 15 is 0 Å². The molecule has 1 saturated heterocycles. The highest BCUT2D eigenvalue weighted by Gasteiger charge is 2.43. The summed E-state index contributed by atoms with van der Waals surface area (Å²) >= 11 is 0. The summed E-state index contributed by atoms with van der Waals surface area (Å²) in [7, 11) is 0. The number of fused-ring (bicyclic) bond motifs is 2. The molecule has 7 nitrogen and oxygen atoms in total. The standard InChI is InChI=1S/C24H26N2O5/c1-2-26-12-11-24(10-9-22(26)27)14-18(17-5-3-4-6-19(17)31-24)25-23(28)16-7-8-20-21(13-16)30-15-29-20/h3-8,13,18H,2,9-12,14-15H2,1H3,(H,25,28). The SMILES string of the molecule is CCN1CCC2(CCC1=O)CC(NC(=O)c1ccc3c(c1)OCO3)c1ccccc1O2. The largest absolute Gasteiger partial charge is 0.487 e. The second kappa shape index (κ2) is 7.80. The van der Waals surface area contributed by atoms with Crippen molar-refractivity contribution in [3.63, 3.8) is 0 Å². The molecule has 1 N–H and O–H groups in total. The fraction of sp³-hybridized carbons (Fsp3) is 0.417. The van der Waals surface area contributed by atoms with Gasteiger partial charge in [0.05, 0.1) is 6.04 Å². The molecule has 1 spiro atoms. The molecule has 7 heteroatoms. The molecule has 3 aliphatic rings. The lowest BCUT2D eigenvalue weighted by Gasteiger charge is -2.42. The Kier molecular flexibility index (Phi) is 4.96. The van der Waals surface area contributed by atoms with Crippen molar-refractivity contribution in [3.05, 3.63) is 53.6 Å². The highest BCUT2D eigenvalue weighted by molar-refractivity contribution is 5.95. The average Bonchev–Trinajstić information content (AvgIpc) is 3.20. The van der Waals surface area contributed by atoms with E-state index in [0.29, 0.717) is 49.4 Å². The van der Waals surface area contributed by atoms with Crippen LogP contribution in [0.2, 0.25) is 0 Å². The van der Waals surface area contributed by atoms with Crippen LogP contribution >= 0.6 is 0 Å². The Morgan fingerprint density at radius 2 is 1.97 bits per heavy atom. The molecule has 5 rings (SSSR count). The van der Waals surface area contributed by atoms with Crippen molar-refractivity contribution >= 4 is 11.8 Å². The van der Waals surface area contributed by atoms with Crippen molar-refractivity contribution in [2.24, 2.45) is 0 Å². The molecule has 2 amide bonds. The van der Waals surface area contributed by atoms with Gasteiger partial charge in [0.15, 0.2) is 11.5 Å². The topological polar surface area (TPSA) is 77.1 Å². The number of carbonyl (C=O) groups is 2. The average molecular weight is 422 g/mol. The van der Waals surface area contributed by atoms with Gasteiger partial charge in [-0.3, -0.25) is 9.59 Å². The van der Waals surface area contributed by atoms with Crippen molar-refractivity contribution < 1.29 is 23.8 Å². The molecule has 2 aromatic carbocycles. The van der Waals surface area contributed by atoms with Crippen LogP contribution in [0.5, 0.6) is 17.2 Å². The van der Waals surface area contributed by atoms with Gasteiger partial charge in [0.2, 0.25) is 12.7 Å². The molecule has 0 bridgehead atoms. The van der Waals surface area contributed by atoms with Gasteiger partial charge in [-0.1, -0.05) is 18.2 Å². The van der Waals surface area contributed by atoms with Gasteiger partial charge >= 0.3 is 0 Å². The Hall–Kier alpha value is -3.22. The molecule has 31 heavy (non-hydrogen) atoms. The van der Waals surface area contributed by atoms with Crippen molar-refractivity contribution in [3.8, 4) is 17.2 Å². The second-order valence-corrected chi connectivity index (χ2v) is 8.34. The first-order valence-electron chi connectivity index (χ1n) is 10.8. The third-order valence-electron chi connectivity index (χ3n) is 6.50. The molecule has 0 aliphatic carbocycles. The summed E-state index contributed by atoms with van der Waals surface area (Å²) in [6, 6.07) is 12.8. The number of rotatable bonds is 3. The number of hydrogen-bond donors (Lipinski definition) is 1.